The highest BCUT2D eigenvalue weighted by Crippen LogP contribution is 2.29. The molecule has 3 amide bonds. The molecular weight excluding hydrogens is 408 g/mol. The number of hydrogen-bond acceptors (Lipinski definition) is 3. The molecular formula is C21H21BrN2O3. The Hall–Kier alpha value is -2.47. The van der Waals surface area contributed by atoms with E-state index in [9.17, 15) is 14.4 Å². The van der Waals surface area contributed by atoms with Crippen LogP contribution in [0.15, 0.2) is 54.6 Å². The summed E-state index contributed by atoms with van der Waals surface area (Å²) in [4.78, 5) is 40.3. The third kappa shape index (κ3) is 3.67. The fourth-order valence-electron chi connectivity index (χ4n) is 2.91. The molecule has 0 saturated carbocycles. The molecule has 5 nitrogen and oxygen atoms in total. The fraction of sp³-hybridized carbons (Fsp3) is 0.286. The van der Waals surface area contributed by atoms with E-state index in [1.807, 2.05) is 20.8 Å². The van der Waals surface area contributed by atoms with Gasteiger partial charge in [-0.3, -0.25) is 23.2 Å². The highest BCUT2D eigenvalue weighted by Gasteiger charge is 2.44. The molecule has 0 radical (unpaired) electrons. The van der Waals surface area contributed by atoms with E-state index < -0.39 is 35.7 Å². The van der Waals surface area contributed by atoms with Crippen LogP contribution in [0.25, 0.3) is 0 Å². The monoisotopic (exact) mass is 429 g/mol. The Balaban J connectivity index is 2.08. The minimum atomic E-state index is -1.30. The Morgan fingerprint density at radius 2 is 1.52 bits per heavy atom. The minimum Gasteiger partial charge on any atom is -0.272 e. The molecule has 1 aliphatic heterocycles. The van der Waals surface area contributed by atoms with Crippen molar-refractivity contribution in [3.05, 3.63) is 71.3 Å². The van der Waals surface area contributed by atoms with Crippen LogP contribution >= 0.6 is 16.1 Å². The lowest BCUT2D eigenvalue weighted by molar-refractivity contribution is -0.132. The molecule has 0 N–H and O–H groups in total. The highest BCUT2D eigenvalue weighted by molar-refractivity contribution is 9.07. The van der Waals surface area contributed by atoms with Crippen molar-refractivity contribution >= 4 is 33.9 Å². The molecule has 0 unspecified atom stereocenters. The van der Waals surface area contributed by atoms with Crippen LogP contribution in [0.4, 0.5) is 0 Å². The van der Waals surface area contributed by atoms with Gasteiger partial charge in [0.25, 0.3) is 17.7 Å². The van der Waals surface area contributed by atoms with Crippen LogP contribution in [0.2, 0.25) is 0 Å². The number of benzene rings is 2. The van der Waals surface area contributed by atoms with Gasteiger partial charge in [-0.05, 0) is 38.5 Å². The number of imide groups is 1. The normalized spacial score (nSPS) is 16.6. The minimum absolute atomic E-state index is 0.252. The highest BCUT2D eigenvalue weighted by atomic mass is 79.9. The van der Waals surface area contributed by atoms with E-state index in [2.05, 4.69) is 16.1 Å². The summed E-state index contributed by atoms with van der Waals surface area (Å²) in [7, 11) is 0. The molecule has 2 atom stereocenters. The lowest BCUT2D eigenvalue weighted by atomic mass is 10.0. The molecule has 2 aromatic carbocycles. The lowest BCUT2D eigenvalue weighted by Crippen LogP contribution is -2.53. The van der Waals surface area contributed by atoms with Crippen molar-refractivity contribution in [2.24, 2.45) is 0 Å². The molecule has 0 aromatic heterocycles. The molecule has 2 aromatic rings. The first-order valence-corrected chi connectivity index (χ1v) is 9.29. The maximum absolute atomic E-state index is 13.3. The zero-order chi connectivity index (χ0) is 20.6. The van der Waals surface area contributed by atoms with Crippen molar-refractivity contribution in [2.75, 3.05) is 0 Å². The molecule has 3 rings (SSSR count). The van der Waals surface area contributed by atoms with Crippen molar-refractivity contribution < 1.29 is 15.8 Å². The smallest absolute Gasteiger partial charge is 0.262 e. The Morgan fingerprint density at radius 3 is 2.00 bits per heavy atom. The van der Waals surface area contributed by atoms with Gasteiger partial charge in [-0.1, -0.05) is 42.5 Å². The van der Waals surface area contributed by atoms with Crippen LogP contribution < -0.4 is 0 Å². The SMILES string of the molecule is [2H][C@H](c1ccccc1)[C@@H](C(=O)N(Br)C(C)(C)C)N1C(=O)c2ccccc2C1=O. The second kappa shape index (κ2) is 7.27. The third-order valence-corrected chi connectivity index (χ3v) is 5.70. The van der Waals surface area contributed by atoms with Gasteiger partial charge >= 0.3 is 0 Å². The van der Waals surface area contributed by atoms with E-state index in [-0.39, 0.29) is 11.1 Å². The summed E-state index contributed by atoms with van der Waals surface area (Å²) in [6.45, 7) is 5.46. The van der Waals surface area contributed by atoms with Crippen molar-refractivity contribution in [3.63, 3.8) is 0 Å². The zero-order valence-electron chi connectivity index (χ0n) is 16.3. The molecule has 0 aliphatic carbocycles. The molecule has 0 bridgehead atoms. The molecule has 6 heteroatoms. The summed E-state index contributed by atoms with van der Waals surface area (Å²) >= 11 is 3.28. The average molecular weight is 430 g/mol. The number of halogens is 1. The van der Waals surface area contributed by atoms with Crippen LogP contribution in [0, 0.1) is 0 Å². The van der Waals surface area contributed by atoms with E-state index in [0.29, 0.717) is 5.56 Å². The van der Waals surface area contributed by atoms with E-state index in [1.54, 1.807) is 54.6 Å². The van der Waals surface area contributed by atoms with Crippen molar-refractivity contribution in [1.29, 1.82) is 0 Å². The van der Waals surface area contributed by atoms with Crippen molar-refractivity contribution in [3.8, 4) is 0 Å². The van der Waals surface area contributed by atoms with Gasteiger partial charge in [0.1, 0.15) is 6.04 Å². The second-order valence-electron chi connectivity index (χ2n) is 7.34. The van der Waals surface area contributed by atoms with Gasteiger partial charge in [0.15, 0.2) is 0 Å². The standard InChI is InChI=1S/C21H21BrN2O3/c1-21(2,3)24(22)20(27)17(13-14-9-5-4-6-10-14)23-18(25)15-11-7-8-12-16(15)19(23)26/h4-12,17H,13H2,1-3H3/t17-/m0/s1/i13D/t13-,17+/m1. The van der Waals surface area contributed by atoms with Gasteiger partial charge in [-0.15, -0.1) is 0 Å². The number of carbonyl (C=O) groups is 3. The predicted octanol–water partition coefficient (Wildman–Crippen LogP) is 3.83. The fourth-order valence-corrected chi connectivity index (χ4v) is 3.12. The first-order valence-electron chi connectivity index (χ1n) is 9.16. The van der Waals surface area contributed by atoms with Crippen LogP contribution in [0.1, 0.15) is 48.4 Å². The van der Waals surface area contributed by atoms with Gasteiger partial charge in [0.05, 0.1) is 27.3 Å². The second-order valence-corrected chi connectivity index (χ2v) is 8.05. The predicted molar refractivity (Wildman–Crippen MR) is 106 cm³/mol. The molecule has 1 aliphatic rings. The zero-order valence-corrected chi connectivity index (χ0v) is 16.9. The summed E-state index contributed by atoms with van der Waals surface area (Å²) in [5, 5.41) is 0. The van der Waals surface area contributed by atoms with Gasteiger partial charge in [-0.25, -0.2) is 0 Å². The van der Waals surface area contributed by atoms with Crippen LogP contribution in [-0.4, -0.2) is 38.1 Å². The number of fused-ring (bicyclic) bond motifs is 1. The van der Waals surface area contributed by atoms with E-state index in [4.69, 9.17) is 1.37 Å². The molecule has 27 heavy (non-hydrogen) atoms. The quantitative estimate of drug-likeness (QED) is 0.547. The number of nitrogens with zero attached hydrogens (tertiary/aromatic N) is 2. The van der Waals surface area contributed by atoms with Gasteiger partial charge in [0, 0.05) is 13.3 Å². The Bertz CT molecular complexity index is 892. The first-order chi connectivity index (χ1) is 13.1. The first kappa shape index (κ1) is 17.9. The van der Waals surface area contributed by atoms with Gasteiger partial charge in [-0.2, -0.15) is 0 Å². The third-order valence-electron chi connectivity index (χ3n) is 4.29. The summed E-state index contributed by atoms with van der Waals surface area (Å²) in [5.74, 6) is -1.63. The van der Waals surface area contributed by atoms with Gasteiger partial charge < -0.3 is 0 Å². The molecule has 1 heterocycles. The number of amides is 3. The molecule has 0 fully saturated rings. The summed E-state index contributed by atoms with van der Waals surface area (Å²) in [5.41, 5.74) is 0.446. The molecule has 140 valence electrons. The van der Waals surface area contributed by atoms with Crippen LogP contribution in [0.5, 0.6) is 0 Å². The van der Waals surface area contributed by atoms with Crippen LogP contribution in [-0.2, 0) is 11.2 Å². The Labute approximate surface area is 168 Å². The van der Waals surface area contributed by atoms with Gasteiger partial charge in [0.2, 0.25) is 0 Å². The average Bonchev–Trinajstić information content (AvgIpc) is 2.93. The summed E-state index contributed by atoms with van der Waals surface area (Å²) < 4.78 is 10.0. The van der Waals surface area contributed by atoms with E-state index in [1.165, 1.54) is 3.93 Å². The largest absolute Gasteiger partial charge is 0.272 e. The Kier molecular flexibility index (Phi) is 4.83. The van der Waals surface area contributed by atoms with Crippen molar-refractivity contribution in [2.45, 2.75) is 38.7 Å². The van der Waals surface area contributed by atoms with Crippen molar-refractivity contribution in [1.82, 2.24) is 8.83 Å². The molecule has 0 spiro atoms. The number of carbonyl (C=O) groups excluding carboxylic acids is 3. The van der Waals surface area contributed by atoms with E-state index >= 15 is 0 Å². The number of rotatable bonds is 4. The number of hydrogen-bond donors (Lipinski definition) is 0. The maximum Gasteiger partial charge on any atom is 0.262 e. The lowest BCUT2D eigenvalue weighted by Gasteiger charge is -2.35. The summed E-state index contributed by atoms with van der Waals surface area (Å²) in [6.07, 6.45) is -1.13. The maximum atomic E-state index is 13.3. The van der Waals surface area contributed by atoms with Crippen LogP contribution in [0.3, 0.4) is 0 Å². The Morgan fingerprint density at radius 1 is 1.04 bits per heavy atom. The van der Waals surface area contributed by atoms with E-state index in [0.717, 1.165) is 4.90 Å². The molecule has 0 saturated heterocycles. The summed E-state index contributed by atoms with van der Waals surface area (Å²) in [6, 6.07) is 13.9. The topological polar surface area (TPSA) is 57.7 Å².